The number of carbonyl (C=O) groups excluding carboxylic acids is 1. The van der Waals surface area contributed by atoms with Gasteiger partial charge in [0.15, 0.2) is 0 Å². The Labute approximate surface area is 165 Å². The van der Waals surface area contributed by atoms with Gasteiger partial charge in [-0.1, -0.05) is 19.1 Å². The molecule has 0 aliphatic carbocycles. The molecule has 1 aliphatic rings. The molecule has 1 saturated heterocycles. The van der Waals surface area contributed by atoms with Crippen molar-refractivity contribution in [3.63, 3.8) is 0 Å². The number of benzene rings is 1. The van der Waals surface area contributed by atoms with Gasteiger partial charge < -0.3 is 14.6 Å². The Kier molecular flexibility index (Phi) is 5.03. The zero-order valence-corrected chi connectivity index (χ0v) is 16.7. The minimum Gasteiger partial charge on any atom is -0.443 e. The lowest BCUT2D eigenvalue weighted by Gasteiger charge is -2.32. The highest BCUT2D eigenvalue weighted by atomic mass is 16.3. The highest BCUT2D eigenvalue weighted by molar-refractivity contribution is 5.93. The van der Waals surface area contributed by atoms with Crippen molar-refractivity contribution in [1.29, 1.82) is 0 Å². The van der Waals surface area contributed by atoms with E-state index in [4.69, 9.17) is 4.42 Å². The summed E-state index contributed by atoms with van der Waals surface area (Å²) in [5.74, 6) is 1.91. The van der Waals surface area contributed by atoms with E-state index in [1.807, 2.05) is 26.0 Å². The standard InChI is InChI=1S/C22H26N4O2/c1-4-16-5-7-18(8-6-16)25-21(27)17-9-11-26(12-10-17)20-19-14(2)15(3)28-22(19)24-13-23-20/h5-8,13,17H,4,9-12H2,1-3H3,(H,25,27). The van der Waals surface area contributed by atoms with Gasteiger partial charge in [0.05, 0.1) is 5.39 Å². The van der Waals surface area contributed by atoms with E-state index in [-0.39, 0.29) is 11.8 Å². The smallest absolute Gasteiger partial charge is 0.231 e. The Hall–Kier alpha value is -2.89. The van der Waals surface area contributed by atoms with E-state index in [0.717, 1.165) is 60.6 Å². The van der Waals surface area contributed by atoms with Crippen LogP contribution < -0.4 is 10.2 Å². The largest absolute Gasteiger partial charge is 0.443 e. The molecule has 3 heterocycles. The normalized spacial score (nSPS) is 15.2. The maximum absolute atomic E-state index is 12.7. The highest BCUT2D eigenvalue weighted by Crippen LogP contribution is 2.32. The second-order valence-corrected chi connectivity index (χ2v) is 7.46. The van der Waals surface area contributed by atoms with Gasteiger partial charge in [0, 0.05) is 30.3 Å². The predicted molar refractivity (Wildman–Crippen MR) is 111 cm³/mol. The predicted octanol–water partition coefficient (Wildman–Crippen LogP) is 4.26. The molecule has 28 heavy (non-hydrogen) atoms. The molecule has 1 aromatic carbocycles. The van der Waals surface area contributed by atoms with Gasteiger partial charge in [-0.2, -0.15) is 0 Å². The first-order valence-electron chi connectivity index (χ1n) is 9.92. The number of piperidine rings is 1. The summed E-state index contributed by atoms with van der Waals surface area (Å²) in [5.41, 5.74) is 3.86. The van der Waals surface area contributed by atoms with Crippen LogP contribution in [0.3, 0.4) is 0 Å². The molecule has 3 aromatic rings. The van der Waals surface area contributed by atoms with E-state index in [2.05, 4.69) is 39.2 Å². The number of aromatic nitrogens is 2. The molecule has 0 bridgehead atoms. The Balaban J connectivity index is 1.42. The van der Waals surface area contributed by atoms with E-state index in [9.17, 15) is 4.79 Å². The molecule has 2 aromatic heterocycles. The molecule has 1 aliphatic heterocycles. The third-order valence-electron chi connectivity index (χ3n) is 5.74. The Morgan fingerprint density at radius 1 is 1.18 bits per heavy atom. The molecule has 1 fully saturated rings. The summed E-state index contributed by atoms with van der Waals surface area (Å²) in [5, 5.41) is 4.05. The summed E-state index contributed by atoms with van der Waals surface area (Å²) < 4.78 is 5.73. The maximum Gasteiger partial charge on any atom is 0.231 e. The van der Waals surface area contributed by atoms with Crippen molar-refractivity contribution in [3.8, 4) is 0 Å². The first kappa shape index (κ1) is 18.5. The molecule has 0 atom stereocenters. The van der Waals surface area contributed by atoms with Crippen LogP contribution in [-0.4, -0.2) is 29.0 Å². The third-order valence-corrected chi connectivity index (χ3v) is 5.74. The van der Waals surface area contributed by atoms with E-state index in [1.165, 1.54) is 5.56 Å². The minimum atomic E-state index is 0.0200. The van der Waals surface area contributed by atoms with Crippen molar-refractivity contribution in [2.24, 2.45) is 5.92 Å². The zero-order chi connectivity index (χ0) is 19.7. The van der Waals surface area contributed by atoms with Gasteiger partial charge in [0.2, 0.25) is 11.6 Å². The summed E-state index contributed by atoms with van der Waals surface area (Å²) >= 11 is 0. The van der Waals surface area contributed by atoms with Crippen LogP contribution in [0.15, 0.2) is 35.0 Å². The van der Waals surface area contributed by atoms with Crippen LogP contribution in [0.25, 0.3) is 11.1 Å². The second-order valence-electron chi connectivity index (χ2n) is 7.46. The number of rotatable bonds is 4. The topological polar surface area (TPSA) is 71.3 Å². The molecule has 146 valence electrons. The number of nitrogens with zero attached hydrogens (tertiary/aromatic N) is 3. The SMILES string of the molecule is CCc1ccc(NC(=O)C2CCN(c3ncnc4oc(C)c(C)c34)CC2)cc1. The summed E-state index contributed by atoms with van der Waals surface area (Å²) in [6, 6.07) is 8.09. The molecule has 1 amide bonds. The van der Waals surface area contributed by atoms with E-state index >= 15 is 0 Å². The first-order valence-corrected chi connectivity index (χ1v) is 9.92. The highest BCUT2D eigenvalue weighted by Gasteiger charge is 2.27. The van der Waals surface area contributed by atoms with E-state index in [1.54, 1.807) is 6.33 Å². The van der Waals surface area contributed by atoms with Crippen LogP contribution in [0, 0.1) is 19.8 Å². The van der Waals surface area contributed by atoms with Crippen molar-refractivity contribution in [1.82, 2.24) is 9.97 Å². The van der Waals surface area contributed by atoms with Crippen LogP contribution in [0.4, 0.5) is 11.5 Å². The Morgan fingerprint density at radius 2 is 1.89 bits per heavy atom. The Morgan fingerprint density at radius 3 is 2.57 bits per heavy atom. The molecule has 1 N–H and O–H groups in total. The number of nitrogens with one attached hydrogen (secondary N) is 1. The Bertz CT molecular complexity index is 986. The second kappa shape index (κ2) is 7.62. The lowest BCUT2D eigenvalue weighted by molar-refractivity contribution is -0.120. The molecule has 6 heteroatoms. The molecule has 4 rings (SSSR count). The molecule has 0 spiro atoms. The van der Waals surface area contributed by atoms with E-state index < -0.39 is 0 Å². The monoisotopic (exact) mass is 378 g/mol. The maximum atomic E-state index is 12.7. The fraction of sp³-hybridized carbons (Fsp3) is 0.409. The van der Waals surface area contributed by atoms with Gasteiger partial charge in [-0.05, 0) is 50.8 Å². The average molecular weight is 378 g/mol. The van der Waals surface area contributed by atoms with Crippen LogP contribution in [0.2, 0.25) is 0 Å². The number of aryl methyl sites for hydroxylation is 3. The third kappa shape index (κ3) is 3.46. The summed E-state index contributed by atoms with van der Waals surface area (Å²) in [4.78, 5) is 23.7. The molecule has 6 nitrogen and oxygen atoms in total. The van der Waals surface area contributed by atoms with E-state index in [0.29, 0.717) is 5.71 Å². The lowest BCUT2D eigenvalue weighted by Crippen LogP contribution is -2.38. The summed E-state index contributed by atoms with van der Waals surface area (Å²) in [7, 11) is 0. The van der Waals surface area contributed by atoms with Gasteiger partial charge >= 0.3 is 0 Å². The number of fused-ring (bicyclic) bond motifs is 1. The van der Waals surface area contributed by atoms with Crippen LogP contribution in [0.1, 0.15) is 36.7 Å². The van der Waals surface area contributed by atoms with Crippen LogP contribution in [0.5, 0.6) is 0 Å². The molecule has 0 radical (unpaired) electrons. The van der Waals surface area contributed by atoms with Crippen molar-refractivity contribution < 1.29 is 9.21 Å². The van der Waals surface area contributed by atoms with Crippen LogP contribution >= 0.6 is 0 Å². The first-order chi connectivity index (χ1) is 13.6. The number of furan rings is 1. The van der Waals surface area contributed by atoms with Crippen LogP contribution in [-0.2, 0) is 11.2 Å². The van der Waals surface area contributed by atoms with Gasteiger partial charge in [0.25, 0.3) is 0 Å². The quantitative estimate of drug-likeness (QED) is 0.735. The summed E-state index contributed by atoms with van der Waals surface area (Å²) in [6.45, 7) is 7.70. The zero-order valence-electron chi connectivity index (χ0n) is 16.7. The molecule has 0 saturated carbocycles. The van der Waals surface area contributed by atoms with Gasteiger partial charge in [-0.15, -0.1) is 0 Å². The number of anilines is 2. The molecule has 0 unspecified atom stereocenters. The summed E-state index contributed by atoms with van der Waals surface area (Å²) in [6.07, 6.45) is 4.16. The van der Waals surface area contributed by atoms with Crippen molar-refractivity contribution >= 4 is 28.5 Å². The van der Waals surface area contributed by atoms with Gasteiger partial charge in [-0.25, -0.2) is 9.97 Å². The lowest BCUT2D eigenvalue weighted by atomic mass is 9.95. The average Bonchev–Trinajstić information content (AvgIpc) is 3.02. The number of amides is 1. The number of carbonyl (C=O) groups is 1. The van der Waals surface area contributed by atoms with Gasteiger partial charge in [-0.3, -0.25) is 4.79 Å². The number of hydrogen-bond donors (Lipinski definition) is 1. The van der Waals surface area contributed by atoms with Crippen molar-refractivity contribution in [2.45, 2.75) is 40.0 Å². The fourth-order valence-corrected chi connectivity index (χ4v) is 3.83. The van der Waals surface area contributed by atoms with Gasteiger partial charge in [0.1, 0.15) is 17.9 Å². The number of hydrogen-bond acceptors (Lipinski definition) is 5. The van der Waals surface area contributed by atoms with Crippen molar-refractivity contribution in [2.75, 3.05) is 23.3 Å². The minimum absolute atomic E-state index is 0.0200. The fourth-order valence-electron chi connectivity index (χ4n) is 3.83. The van der Waals surface area contributed by atoms with Crippen molar-refractivity contribution in [3.05, 3.63) is 47.5 Å². The molecular formula is C22H26N4O2. The molecular weight excluding hydrogens is 352 g/mol.